The number of aromatic nitrogens is 2. The number of anilines is 1. The molecule has 0 fully saturated rings. The Bertz CT molecular complexity index is 344. The molecule has 1 heterocycles. The van der Waals surface area contributed by atoms with Gasteiger partial charge in [0.1, 0.15) is 16.8 Å². The van der Waals surface area contributed by atoms with Gasteiger partial charge in [0.05, 0.1) is 12.6 Å². The molecule has 1 unspecified atom stereocenters. The van der Waals surface area contributed by atoms with Gasteiger partial charge in [-0.05, 0) is 5.92 Å². The quantitative estimate of drug-likeness (QED) is 0.778. The molecular weight excluding hydrogens is 226 g/mol. The Hall–Kier alpha value is -0.870. The van der Waals surface area contributed by atoms with E-state index >= 15 is 0 Å². The fourth-order valence-electron chi connectivity index (χ4n) is 1.31. The number of hydrogen-bond acceptors (Lipinski definition) is 4. The third-order valence-corrected chi connectivity index (χ3v) is 2.59. The summed E-state index contributed by atoms with van der Waals surface area (Å²) in [6, 6.07) is 1.65. The second kappa shape index (κ2) is 6.01. The van der Waals surface area contributed by atoms with Gasteiger partial charge in [-0.2, -0.15) is 0 Å². The molecule has 1 aromatic heterocycles. The molecule has 0 amide bonds. The Kier molecular flexibility index (Phi) is 4.96. The summed E-state index contributed by atoms with van der Waals surface area (Å²) in [5, 5.41) is 12.8. The van der Waals surface area contributed by atoms with Crippen LogP contribution < -0.4 is 5.32 Å². The summed E-state index contributed by atoms with van der Waals surface area (Å²) >= 11 is 5.88. The van der Waals surface area contributed by atoms with Crippen molar-refractivity contribution in [3.8, 4) is 0 Å². The Morgan fingerprint density at radius 1 is 1.44 bits per heavy atom. The number of aliphatic hydroxyl groups excluding tert-OH is 1. The van der Waals surface area contributed by atoms with Gasteiger partial charge in [-0.25, -0.2) is 9.97 Å². The van der Waals surface area contributed by atoms with E-state index in [2.05, 4.69) is 15.3 Å². The molecule has 5 heteroatoms. The molecule has 4 nitrogen and oxygen atoms in total. The monoisotopic (exact) mass is 243 g/mol. The van der Waals surface area contributed by atoms with Crippen LogP contribution in [0.1, 0.15) is 26.6 Å². The lowest BCUT2D eigenvalue weighted by atomic mass is 10.1. The number of nitrogens with one attached hydrogen (secondary N) is 1. The van der Waals surface area contributed by atoms with Crippen molar-refractivity contribution in [2.75, 3.05) is 11.9 Å². The van der Waals surface area contributed by atoms with E-state index in [9.17, 15) is 5.11 Å². The van der Waals surface area contributed by atoms with Crippen LogP contribution in [0, 0.1) is 5.92 Å². The average Bonchev–Trinajstić information content (AvgIpc) is 2.24. The number of hydrogen-bond donors (Lipinski definition) is 2. The maximum absolute atomic E-state index is 9.21. The number of aryl methyl sites for hydroxylation is 1. The third-order valence-electron chi connectivity index (χ3n) is 2.39. The maximum Gasteiger partial charge on any atom is 0.134 e. The zero-order valence-corrected chi connectivity index (χ0v) is 10.6. The van der Waals surface area contributed by atoms with Crippen LogP contribution in [0.5, 0.6) is 0 Å². The van der Waals surface area contributed by atoms with Gasteiger partial charge in [-0.1, -0.05) is 32.4 Å². The fourth-order valence-corrected chi connectivity index (χ4v) is 1.51. The summed E-state index contributed by atoms with van der Waals surface area (Å²) in [6.45, 7) is 6.12. The molecule has 90 valence electrons. The van der Waals surface area contributed by atoms with E-state index in [1.54, 1.807) is 6.07 Å². The topological polar surface area (TPSA) is 58.0 Å². The van der Waals surface area contributed by atoms with Crippen LogP contribution in [0.2, 0.25) is 5.15 Å². The van der Waals surface area contributed by atoms with E-state index in [1.165, 1.54) is 0 Å². The first kappa shape index (κ1) is 13.2. The summed E-state index contributed by atoms with van der Waals surface area (Å²) in [5.41, 5.74) is 0. The second-order valence-corrected chi connectivity index (χ2v) is 4.41. The normalized spacial score (nSPS) is 12.9. The van der Waals surface area contributed by atoms with Gasteiger partial charge in [-0.3, -0.25) is 0 Å². The van der Waals surface area contributed by atoms with Crippen molar-refractivity contribution in [3.63, 3.8) is 0 Å². The molecule has 1 atom stereocenters. The summed E-state index contributed by atoms with van der Waals surface area (Å²) in [6.07, 6.45) is 0.737. The molecule has 0 bridgehead atoms. The predicted molar refractivity (Wildman–Crippen MR) is 65.8 cm³/mol. The Balaban J connectivity index is 2.83. The van der Waals surface area contributed by atoms with E-state index < -0.39 is 0 Å². The van der Waals surface area contributed by atoms with Crippen LogP contribution in [0.25, 0.3) is 0 Å². The zero-order valence-electron chi connectivity index (χ0n) is 9.87. The summed E-state index contributed by atoms with van der Waals surface area (Å²) in [5.74, 6) is 1.70. The van der Waals surface area contributed by atoms with Crippen molar-refractivity contribution in [1.29, 1.82) is 0 Å². The van der Waals surface area contributed by atoms with Gasteiger partial charge in [0.15, 0.2) is 0 Å². The second-order valence-electron chi connectivity index (χ2n) is 4.02. The van der Waals surface area contributed by atoms with Crippen molar-refractivity contribution in [2.45, 2.75) is 33.2 Å². The molecule has 2 N–H and O–H groups in total. The molecule has 0 saturated carbocycles. The Labute approximate surface area is 101 Å². The van der Waals surface area contributed by atoms with Crippen LogP contribution in [0.15, 0.2) is 6.07 Å². The standard InChI is InChI=1S/C11H18ClN3O/c1-4-10-14-9(12)5-11(15-10)13-8(6-16)7(2)3/h5,7-8,16H,4,6H2,1-3H3,(H,13,14,15). The number of aliphatic hydroxyl groups is 1. The van der Waals surface area contributed by atoms with Crippen molar-refractivity contribution >= 4 is 17.4 Å². The fraction of sp³-hybridized carbons (Fsp3) is 0.636. The van der Waals surface area contributed by atoms with Gasteiger partial charge < -0.3 is 10.4 Å². The summed E-state index contributed by atoms with van der Waals surface area (Å²) in [7, 11) is 0. The van der Waals surface area contributed by atoms with E-state index in [0.29, 0.717) is 22.7 Å². The SMILES string of the molecule is CCc1nc(Cl)cc(NC(CO)C(C)C)n1. The summed E-state index contributed by atoms with van der Waals surface area (Å²) < 4.78 is 0. The van der Waals surface area contributed by atoms with Crippen molar-refractivity contribution in [3.05, 3.63) is 17.0 Å². The lowest BCUT2D eigenvalue weighted by Gasteiger charge is -2.20. The van der Waals surface area contributed by atoms with Crippen LogP contribution in [-0.4, -0.2) is 27.7 Å². The molecule has 0 radical (unpaired) electrons. The maximum atomic E-state index is 9.21. The Morgan fingerprint density at radius 3 is 2.62 bits per heavy atom. The van der Waals surface area contributed by atoms with Crippen LogP contribution in [-0.2, 0) is 6.42 Å². The Morgan fingerprint density at radius 2 is 2.12 bits per heavy atom. The van der Waals surface area contributed by atoms with Gasteiger partial charge in [-0.15, -0.1) is 0 Å². The first-order valence-electron chi connectivity index (χ1n) is 5.47. The van der Waals surface area contributed by atoms with E-state index in [-0.39, 0.29) is 12.6 Å². The highest BCUT2D eigenvalue weighted by molar-refractivity contribution is 6.29. The minimum absolute atomic E-state index is 0.0179. The highest BCUT2D eigenvalue weighted by atomic mass is 35.5. The van der Waals surface area contributed by atoms with Crippen LogP contribution in [0.4, 0.5) is 5.82 Å². The molecule has 1 aromatic rings. The molecule has 0 aromatic carbocycles. The van der Waals surface area contributed by atoms with Gasteiger partial charge >= 0.3 is 0 Å². The molecule has 0 aliphatic heterocycles. The number of rotatable bonds is 5. The molecule has 0 aliphatic rings. The van der Waals surface area contributed by atoms with Crippen molar-refractivity contribution < 1.29 is 5.11 Å². The zero-order chi connectivity index (χ0) is 12.1. The molecule has 0 aliphatic carbocycles. The van der Waals surface area contributed by atoms with Gasteiger partial charge in [0.25, 0.3) is 0 Å². The highest BCUT2D eigenvalue weighted by Gasteiger charge is 2.13. The first-order chi connectivity index (χ1) is 7.56. The third kappa shape index (κ3) is 3.61. The average molecular weight is 244 g/mol. The van der Waals surface area contributed by atoms with Crippen LogP contribution >= 0.6 is 11.6 Å². The minimum atomic E-state index is -0.0179. The predicted octanol–water partition coefficient (Wildman–Crippen LogP) is 2.12. The molecule has 0 saturated heterocycles. The minimum Gasteiger partial charge on any atom is -0.394 e. The lowest BCUT2D eigenvalue weighted by molar-refractivity contribution is 0.249. The lowest BCUT2D eigenvalue weighted by Crippen LogP contribution is -2.30. The smallest absolute Gasteiger partial charge is 0.134 e. The van der Waals surface area contributed by atoms with E-state index in [0.717, 1.165) is 6.42 Å². The summed E-state index contributed by atoms with van der Waals surface area (Å²) in [4.78, 5) is 8.39. The first-order valence-corrected chi connectivity index (χ1v) is 5.85. The number of nitrogens with zero attached hydrogens (tertiary/aromatic N) is 2. The molecule has 16 heavy (non-hydrogen) atoms. The van der Waals surface area contributed by atoms with Crippen LogP contribution in [0.3, 0.4) is 0 Å². The van der Waals surface area contributed by atoms with E-state index in [1.807, 2.05) is 20.8 Å². The van der Waals surface area contributed by atoms with Crippen molar-refractivity contribution in [1.82, 2.24) is 9.97 Å². The van der Waals surface area contributed by atoms with Crippen molar-refractivity contribution in [2.24, 2.45) is 5.92 Å². The van der Waals surface area contributed by atoms with Gasteiger partial charge in [0.2, 0.25) is 0 Å². The van der Waals surface area contributed by atoms with Gasteiger partial charge in [0, 0.05) is 12.5 Å². The number of halogens is 1. The highest BCUT2D eigenvalue weighted by Crippen LogP contribution is 2.15. The molecule has 0 spiro atoms. The molecule has 1 rings (SSSR count). The molecular formula is C11H18ClN3O. The largest absolute Gasteiger partial charge is 0.394 e. The van der Waals surface area contributed by atoms with E-state index in [4.69, 9.17) is 11.6 Å².